The third-order valence-electron chi connectivity index (χ3n) is 4.29. The van der Waals surface area contributed by atoms with E-state index in [0.29, 0.717) is 12.3 Å². The number of likely N-dealkylation sites (N-methyl/N-ethyl adjacent to an activating group) is 1. The summed E-state index contributed by atoms with van der Waals surface area (Å²) in [5.41, 5.74) is 1.98. The van der Waals surface area contributed by atoms with E-state index in [1.54, 1.807) is 17.4 Å². The van der Waals surface area contributed by atoms with E-state index in [4.69, 9.17) is 4.42 Å². The van der Waals surface area contributed by atoms with Crippen LogP contribution in [0.1, 0.15) is 36.0 Å². The van der Waals surface area contributed by atoms with Crippen molar-refractivity contribution in [2.45, 2.75) is 19.9 Å². The van der Waals surface area contributed by atoms with Gasteiger partial charge in [-0.05, 0) is 47.6 Å². The molecule has 0 fully saturated rings. The summed E-state index contributed by atoms with van der Waals surface area (Å²) in [6.07, 6.45) is 0. The van der Waals surface area contributed by atoms with Crippen molar-refractivity contribution in [3.63, 3.8) is 0 Å². The summed E-state index contributed by atoms with van der Waals surface area (Å²) in [6.45, 7) is 6.73. The molecule has 1 atom stereocenters. The Hall–Kier alpha value is -2.11. The fourth-order valence-corrected chi connectivity index (χ4v) is 3.66. The third-order valence-corrected chi connectivity index (χ3v) is 4.99. The van der Waals surface area contributed by atoms with E-state index in [0.717, 1.165) is 24.1 Å². The molecule has 0 saturated carbocycles. The van der Waals surface area contributed by atoms with Crippen molar-refractivity contribution in [3.8, 4) is 0 Å². The molecule has 0 bridgehead atoms. The lowest BCUT2D eigenvalue weighted by Crippen LogP contribution is -2.37. The average Bonchev–Trinajstić information content (AvgIpc) is 3.27. The molecule has 0 aliphatic rings. The normalized spacial score (nSPS) is 12.6. The highest BCUT2D eigenvalue weighted by atomic mass is 32.1. The lowest BCUT2D eigenvalue weighted by molar-refractivity contribution is 0.0909. The number of thiophene rings is 1. The summed E-state index contributed by atoms with van der Waals surface area (Å²) >= 11 is 1.68. The molecule has 0 unspecified atom stereocenters. The molecular weight excluding hydrogens is 320 g/mol. The first-order chi connectivity index (χ1) is 11.7. The van der Waals surface area contributed by atoms with Crippen molar-refractivity contribution in [2.75, 3.05) is 19.6 Å². The lowest BCUT2D eigenvalue weighted by Gasteiger charge is -2.29. The van der Waals surface area contributed by atoms with Gasteiger partial charge in [0.2, 0.25) is 0 Å². The predicted octanol–water partition coefficient (Wildman–Crippen LogP) is 4.31. The number of nitrogens with zero attached hydrogens (tertiary/aromatic N) is 1. The second-order valence-corrected chi connectivity index (χ2v) is 6.43. The SMILES string of the molecule is CCN(CC)[C@@H](CNC(=O)c1cc2ccccc2o1)c1ccsc1. The Morgan fingerprint density at radius 1 is 1.25 bits per heavy atom. The van der Waals surface area contributed by atoms with Gasteiger partial charge in [0.25, 0.3) is 5.91 Å². The van der Waals surface area contributed by atoms with Gasteiger partial charge in [-0.15, -0.1) is 0 Å². The summed E-state index contributed by atoms with van der Waals surface area (Å²) in [5.74, 6) is 0.193. The fraction of sp³-hybridized carbons (Fsp3) is 0.316. The Balaban J connectivity index is 1.72. The van der Waals surface area contributed by atoms with E-state index in [2.05, 4.69) is 40.9 Å². The van der Waals surface area contributed by atoms with Crippen LogP contribution in [0.25, 0.3) is 11.0 Å². The van der Waals surface area contributed by atoms with Crippen molar-refractivity contribution in [3.05, 3.63) is 58.5 Å². The molecule has 5 heteroatoms. The molecule has 0 aliphatic carbocycles. The molecule has 1 N–H and O–H groups in total. The zero-order valence-corrected chi connectivity index (χ0v) is 14.8. The quantitative estimate of drug-likeness (QED) is 0.696. The number of amides is 1. The number of benzene rings is 1. The van der Waals surface area contributed by atoms with Gasteiger partial charge in [-0.2, -0.15) is 11.3 Å². The van der Waals surface area contributed by atoms with Crippen LogP contribution >= 0.6 is 11.3 Å². The molecule has 1 amide bonds. The van der Waals surface area contributed by atoms with Gasteiger partial charge in [0, 0.05) is 11.9 Å². The van der Waals surface area contributed by atoms with E-state index >= 15 is 0 Å². The van der Waals surface area contributed by atoms with Crippen molar-refractivity contribution in [1.82, 2.24) is 10.2 Å². The maximum atomic E-state index is 12.5. The van der Waals surface area contributed by atoms with Gasteiger partial charge >= 0.3 is 0 Å². The number of rotatable bonds is 7. The first-order valence-corrected chi connectivity index (χ1v) is 9.20. The van der Waals surface area contributed by atoms with E-state index in [1.165, 1.54) is 5.56 Å². The van der Waals surface area contributed by atoms with Crippen LogP contribution in [-0.4, -0.2) is 30.4 Å². The highest BCUT2D eigenvalue weighted by molar-refractivity contribution is 7.07. The molecule has 2 aromatic heterocycles. The maximum absolute atomic E-state index is 12.5. The molecule has 126 valence electrons. The number of carbonyl (C=O) groups is 1. The van der Waals surface area contributed by atoms with Crippen molar-refractivity contribution in [2.24, 2.45) is 0 Å². The van der Waals surface area contributed by atoms with Crippen LogP contribution in [0.5, 0.6) is 0 Å². The second kappa shape index (κ2) is 7.64. The molecule has 3 rings (SSSR count). The minimum atomic E-state index is -0.168. The van der Waals surface area contributed by atoms with Gasteiger partial charge in [-0.3, -0.25) is 9.69 Å². The Bertz CT molecular complexity index is 758. The van der Waals surface area contributed by atoms with Gasteiger partial charge in [0.1, 0.15) is 5.58 Å². The van der Waals surface area contributed by atoms with Crippen LogP contribution in [0.3, 0.4) is 0 Å². The summed E-state index contributed by atoms with van der Waals surface area (Å²) in [5, 5.41) is 8.20. The molecule has 1 aromatic carbocycles. The number of fused-ring (bicyclic) bond motifs is 1. The first-order valence-electron chi connectivity index (χ1n) is 8.25. The summed E-state index contributed by atoms with van der Waals surface area (Å²) in [4.78, 5) is 14.8. The number of para-hydroxylation sites is 1. The molecule has 0 radical (unpaired) electrons. The largest absolute Gasteiger partial charge is 0.451 e. The van der Waals surface area contributed by atoms with Gasteiger partial charge in [0.05, 0.1) is 6.04 Å². The van der Waals surface area contributed by atoms with Gasteiger partial charge in [-0.25, -0.2) is 0 Å². The molecule has 0 aliphatic heterocycles. The monoisotopic (exact) mass is 342 g/mol. The van der Waals surface area contributed by atoms with Crippen LogP contribution in [-0.2, 0) is 0 Å². The van der Waals surface area contributed by atoms with Gasteiger partial charge in [0.15, 0.2) is 5.76 Å². The molecular formula is C19H22N2O2S. The van der Waals surface area contributed by atoms with Crippen molar-refractivity contribution >= 4 is 28.2 Å². The zero-order chi connectivity index (χ0) is 16.9. The van der Waals surface area contributed by atoms with Crippen LogP contribution in [0.15, 0.2) is 51.6 Å². The van der Waals surface area contributed by atoms with Crippen LogP contribution in [0, 0.1) is 0 Å². The lowest BCUT2D eigenvalue weighted by atomic mass is 10.1. The minimum Gasteiger partial charge on any atom is -0.451 e. The van der Waals surface area contributed by atoms with Gasteiger partial charge < -0.3 is 9.73 Å². The number of hydrogen-bond acceptors (Lipinski definition) is 4. The second-order valence-electron chi connectivity index (χ2n) is 5.65. The molecule has 0 saturated heterocycles. The number of carbonyl (C=O) groups excluding carboxylic acids is 1. The van der Waals surface area contributed by atoms with Crippen LogP contribution in [0.2, 0.25) is 0 Å². The van der Waals surface area contributed by atoms with E-state index in [-0.39, 0.29) is 11.9 Å². The molecule has 0 spiro atoms. The van der Waals surface area contributed by atoms with E-state index in [1.807, 2.05) is 24.3 Å². The third kappa shape index (κ3) is 3.52. The number of hydrogen-bond donors (Lipinski definition) is 1. The topological polar surface area (TPSA) is 45.5 Å². The summed E-state index contributed by atoms with van der Waals surface area (Å²) < 4.78 is 5.64. The van der Waals surface area contributed by atoms with Crippen molar-refractivity contribution in [1.29, 1.82) is 0 Å². The molecule has 4 nitrogen and oxygen atoms in total. The molecule has 24 heavy (non-hydrogen) atoms. The smallest absolute Gasteiger partial charge is 0.287 e. The summed E-state index contributed by atoms with van der Waals surface area (Å²) in [7, 11) is 0. The molecule has 2 heterocycles. The van der Waals surface area contributed by atoms with Crippen LogP contribution in [0.4, 0.5) is 0 Å². The summed E-state index contributed by atoms with van der Waals surface area (Å²) in [6, 6.07) is 11.8. The maximum Gasteiger partial charge on any atom is 0.287 e. The van der Waals surface area contributed by atoms with Crippen LogP contribution < -0.4 is 5.32 Å². The van der Waals surface area contributed by atoms with E-state index in [9.17, 15) is 4.79 Å². The average molecular weight is 342 g/mol. The van der Waals surface area contributed by atoms with E-state index < -0.39 is 0 Å². The Kier molecular flexibility index (Phi) is 5.33. The Labute approximate surface area is 146 Å². The minimum absolute atomic E-state index is 0.168. The molecule has 3 aromatic rings. The van der Waals surface area contributed by atoms with Gasteiger partial charge in [-0.1, -0.05) is 32.0 Å². The first kappa shape index (κ1) is 16.7. The Morgan fingerprint density at radius 3 is 2.71 bits per heavy atom. The fourth-order valence-electron chi connectivity index (χ4n) is 2.96. The number of furan rings is 1. The highest BCUT2D eigenvalue weighted by Gasteiger charge is 2.20. The standard InChI is InChI=1S/C19H22N2O2S/c1-3-21(4-2)16(15-9-10-24-13-15)12-20-19(22)18-11-14-7-5-6-8-17(14)23-18/h5-11,13,16H,3-4,12H2,1-2H3,(H,20,22)/t16-/m0/s1. The number of nitrogens with one attached hydrogen (secondary N) is 1. The zero-order valence-electron chi connectivity index (χ0n) is 14.0. The highest BCUT2D eigenvalue weighted by Crippen LogP contribution is 2.23. The Morgan fingerprint density at radius 2 is 2.04 bits per heavy atom. The predicted molar refractivity (Wildman–Crippen MR) is 98.5 cm³/mol. The van der Waals surface area contributed by atoms with Crippen molar-refractivity contribution < 1.29 is 9.21 Å².